The molecule has 0 fully saturated rings. The summed E-state index contributed by atoms with van der Waals surface area (Å²) in [5.41, 5.74) is 2.85. The van der Waals surface area contributed by atoms with E-state index < -0.39 is 10.0 Å². The van der Waals surface area contributed by atoms with Crippen LogP contribution in [0.5, 0.6) is 0 Å². The fourth-order valence-electron chi connectivity index (χ4n) is 3.00. The molecule has 2 aromatic heterocycles. The highest BCUT2D eigenvalue weighted by Crippen LogP contribution is 2.35. The van der Waals surface area contributed by atoms with Crippen LogP contribution in [0.1, 0.15) is 5.56 Å². The summed E-state index contributed by atoms with van der Waals surface area (Å²) >= 11 is 5.87. The number of anilines is 4. The lowest BCUT2D eigenvalue weighted by Gasteiger charge is -2.25. The Hall–Kier alpha value is -3.49. The molecule has 0 unspecified atom stereocenters. The van der Waals surface area contributed by atoms with Crippen LogP contribution < -0.4 is 9.62 Å². The first-order valence-electron chi connectivity index (χ1n) is 9.30. The van der Waals surface area contributed by atoms with E-state index in [-0.39, 0.29) is 4.90 Å². The zero-order valence-electron chi connectivity index (χ0n) is 16.5. The molecule has 0 amide bonds. The van der Waals surface area contributed by atoms with E-state index in [1.54, 1.807) is 43.0 Å². The number of sulfonamides is 1. The van der Waals surface area contributed by atoms with Crippen molar-refractivity contribution in [3.63, 3.8) is 0 Å². The number of hydrogen-bond acceptors (Lipinski definition) is 6. The monoisotopic (exact) mass is 451 g/mol. The molecule has 0 spiro atoms. The summed E-state index contributed by atoms with van der Waals surface area (Å²) in [7, 11) is -3.78. The van der Waals surface area contributed by atoms with Crippen LogP contribution in [0.25, 0.3) is 0 Å². The molecule has 0 aliphatic heterocycles. The van der Waals surface area contributed by atoms with Crippen molar-refractivity contribution in [2.75, 3.05) is 9.62 Å². The Morgan fingerprint density at radius 1 is 0.903 bits per heavy atom. The SMILES string of the molecule is Cc1ccc(NS(=O)(=O)c2ccc(Cl)cc2)cc1N(c1ccncc1)c1ncccn1. The zero-order valence-corrected chi connectivity index (χ0v) is 18.0. The normalized spacial score (nSPS) is 11.2. The van der Waals surface area contributed by atoms with Crippen LogP contribution in [0.3, 0.4) is 0 Å². The first kappa shape index (κ1) is 20.8. The molecule has 4 rings (SSSR count). The third-order valence-corrected chi connectivity index (χ3v) is 6.15. The van der Waals surface area contributed by atoms with Crippen molar-refractivity contribution < 1.29 is 8.42 Å². The molecule has 0 saturated heterocycles. The molecule has 1 N–H and O–H groups in total. The minimum atomic E-state index is -3.78. The number of nitrogens with one attached hydrogen (secondary N) is 1. The molecular weight excluding hydrogens is 434 g/mol. The summed E-state index contributed by atoms with van der Waals surface area (Å²) in [6.07, 6.45) is 6.65. The van der Waals surface area contributed by atoms with Gasteiger partial charge in [-0.15, -0.1) is 0 Å². The highest BCUT2D eigenvalue weighted by Gasteiger charge is 2.19. The maximum absolute atomic E-state index is 12.8. The standard InChI is InChI=1S/C22H18ClN5O2S/c1-16-3-6-18(27-31(29,30)20-7-4-17(23)5-8-20)15-21(16)28(19-9-13-24-14-10-19)22-25-11-2-12-26-22/h2-15,27H,1H3. The average Bonchev–Trinajstić information content (AvgIpc) is 2.78. The van der Waals surface area contributed by atoms with Gasteiger partial charge in [0.1, 0.15) is 0 Å². The highest BCUT2D eigenvalue weighted by molar-refractivity contribution is 7.92. The zero-order chi connectivity index (χ0) is 21.8. The number of rotatable bonds is 6. The number of nitrogens with zero attached hydrogens (tertiary/aromatic N) is 4. The molecule has 0 bridgehead atoms. The van der Waals surface area contributed by atoms with E-state index in [0.29, 0.717) is 16.7 Å². The lowest BCUT2D eigenvalue weighted by atomic mass is 10.1. The van der Waals surface area contributed by atoms with Crippen molar-refractivity contribution in [2.45, 2.75) is 11.8 Å². The molecule has 156 valence electrons. The van der Waals surface area contributed by atoms with Gasteiger partial charge in [-0.1, -0.05) is 17.7 Å². The lowest BCUT2D eigenvalue weighted by molar-refractivity contribution is 0.601. The quantitative estimate of drug-likeness (QED) is 0.438. The Bertz CT molecular complexity index is 1250. The fourth-order valence-corrected chi connectivity index (χ4v) is 4.18. The van der Waals surface area contributed by atoms with Crippen molar-refractivity contribution in [3.8, 4) is 0 Å². The van der Waals surface area contributed by atoms with E-state index in [1.807, 2.05) is 30.0 Å². The van der Waals surface area contributed by atoms with Gasteiger partial charge in [0, 0.05) is 29.8 Å². The smallest absolute Gasteiger partial charge is 0.261 e. The van der Waals surface area contributed by atoms with Gasteiger partial charge in [0.25, 0.3) is 10.0 Å². The van der Waals surface area contributed by atoms with Crippen LogP contribution in [0.4, 0.5) is 23.0 Å². The molecule has 2 aromatic carbocycles. The Morgan fingerprint density at radius 2 is 1.58 bits per heavy atom. The minimum absolute atomic E-state index is 0.122. The molecule has 4 aromatic rings. The molecular formula is C22H18ClN5O2S. The number of halogens is 1. The third kappa shape index (κ3) is 4.65. The largest absolute Gasteiger partial charge is 0.280 e. The van der Waals surface area contributed by atoms with Crippen LogP contribution >= 0.6 is 11.6 Å². The molecule has 7 nitrogen and oxygen atoms in total. The fraction of sp³-hybridized carbons (Fsp3) is 0.0455. The van der Waals surface area contributed by atoms with Gasteiger partial charge in [0.05, 0.1) is 22.0 Å². The van der Waals surface area contributed by atoms with E-state index in [9.17, 15) is 8.42 Å². The summed E-state index contributed by atoms with van der Waals surface area (Å²) in [5, 5.41) is 0.465. The molecule has 0 aliphatic carbocycles. The van der Waals surface area contributed by atoms with Crippen LogP contribution in [0.2, 0.25) is 5.02 Å². The molecule has 9 heteroatoms. The van der Waals surface area contributed by atoms with Crippen molar-refractivity contribution in [1.29, 1.82) is 0 Å². The predicted octanol–water partition coefficient (Wildman–Crippen LogP) is 5.10. The van der Waals surface area contributed by atoms with Crippen LogP contribution in [0, 0.1) is 6.92 Å². The van der Waals surface area contributed by atoms with Crippen molar-refractivity contribution in [1.82, 2.24) is 15.0 Å². The van der Waals surface area contributed by atoms with Gasteiger partial charge in [0.15, 0.2) is 0 Å². The summed E-state index contributed by atoms with van der Waals surface area (Å²) in [6.45, 7) is 1.93. The number of benzene rings is 2. The Kier molecular flexibility index (Phi) is 5.83. The van der Waals surface area contributed by atoms with Gasteiger partial charge >= 0.3 is 0 Å². The number of hydrogen-bond donors (Lipinski definition) is 1. The second-order valence-corrected chi connectivity index (χ2v) is 8.77. The molecule has 2 heterocycles. The first-order chi connectivity index (χ1) is 14.9. The number of pyridine rings is 1. The lowest BCUT2D eigenvalue weighted by Crippen LogP contribution is -2.16. The van der Waals surface area contributed by atoms with Gasteiger partial charge < -0.3 is 0 Å². The van der Waals surface area contributed by atoms with Crippen LogP contribution in [-0.2, 0) is 10.0 Å². The minimum Gasteiger partial charge on any atom is -0.280 e. The van der Waals surface area contributed by atoms with Crippen molar-refractivity contribution in [2.24, 2.45) is 0 Å². The van der Waals surface area contributed by atoms with E-state index in [4.69, 9.17) is 11.6 Å². The Morgan fingerprint density at radius 3 is 2.26 bits per heavy atom. The maximum Gasteiger partial charge on any atom is 0.261 e. The van der Waals surface area contributed by atoms with Crippen molar-refractivity contribution >= 4 is 44.6 Å². The summed E-state index contributed by atoms with van der Waals surface area (Å²) < 4.78 is 28.3. The second kappa shape index (κ2) is 8.71. The topological polar surface area (TPSA) is 88.1 Å². The van der Waals surface area contributed by atoms with Crippen LogP contribution in [-0.4, -0.2) is 23.4 Å². The van der Waals surface area contributed by atoms with E-state index in [0.717, 1.165) is 16.9 Å². The van der Waals surface area contributed by atoms with Crippen LogP contribution in [0.15, 0.2) is 90.3 Å². The van der Waals surface area contributed by atoms with Gasteiger partial charge in [-0.3, -0.25) is 14.6 Å². The average molecular weight is 452 g/mol. The maximum atomic E-state index is 12.8. The number of aryl methyl sites for hydroxylation is 1. The number of aromatic nitrogens is 3. The first-order valence-corrected chi connectivity index (χ1v) is 11.2. The molecule has 31 heavy (non-hydrogen) atoms. The molecule has 0 aliphatic rings. The Labute approximate surface area is 185 Å². The summed E-state index contributed by atoms with van der Waals surface area (Å²) in [5.74, 6) is 0.453. The van der Waals surface area contributed by atoms with Gasteiger partial charge in [-0.25, -0.2) is 18.4 Å². The molecule has 0 saturated carbocycles. The van der Waals surface area contributed by atoms with E-state index in [2.05, 4.69) is 19.7 Å². The van der Waals surface area contributed by atoms with E-state index in [1.165, 1.54) is 24.3 Å². The van der Waals surface area contributed by atoms with Gasteiger partial charge in [-0.2, -0.15) is 0 Å². The summed E-state index contributed by atoms with van der Waals surface area (Å²) in [6, 6.07) is 16.7. The Balaban J connectivity index is 1.76. The summed E-state index contributed by atoms with van der Waals surface area (Å²) in [4.78, 5) is 14.8. The second-order valence-electron chi connectivity index (χ2n) is 6.65. The molecule has 0 radical (unpaired) electrons. The van der Waals surface area contributed by atoms with E-state index >= 15 is 0 Å². The predicted molar refractivity (Wildman–Crippen MR) is 122 cm³/mol. The molecule has 0 atom stereocenters. The van der Waals surface area contributed by atoms with Gasteiger partial charge in [0.2, 0.25) is 5.95 Å². The van der Waals surface area contributed by atoms with Crippen molar-refractivity contribution in [3.05, 3.63) is 96.0 Å². The van der Waals surface area contributed by atoms with Gasteiger partial charge in [-0.05, 0) is 67.1 Å². The third-order valence-electron chi connectivity index (χ3n) is 4.50. The highest BCUT2D eigenvalue weighted by atomic mass is 35.5.